The zero-order valence-corrected chi connectivity index (χ0v) is 16.8. The number of rotatable bonds is 7. The maximum Gasteiger partial charge on any atom is 0.200 e. The molecule has 1 N–H and O–H groups in total. The van der Waals surface area contributed by atoms with Crippen LogP contribution in [-0.4, -0.2) is 17.8 Å². The topological polar surface area (TPSA) is 38.7 Å². The Morgan fingerprint density at radius 1 is 1.03 bits per heavy atom. The van der Waals surface area contributed by atoms with Crippen LogP contribution in [-0.2, 0) is 11.3 Å². The fourth-order valence-corrected chi connectivity index (χ4v) is 3.82. The first-order chi connectivity index (χ1) is 13.9. The van der Waals surface area contributed by atoms with Crippen molar-refractivity contribution in [3.8, 4) is 5.75 Å². The van der Waals surface area contributed by atoms with Gasteiger partial charge in [0.1, 0.15) is 5.82 Å². The molecular weight excluding hydrogens is 381 g/mol. The standard InChI is InChI=1S/C23H27F3O3/c1-3-28-21-11-10-19(22(25)23(21)26)15-6-8-18(9-7-15)29-13-17-5-4-16(14(2)27)12-20(17)24/h4-5,10-12,14-15,18,27H,3,6-9,13H2,1-2H3. The maximum atomic E-state index is 14.4. The van der Waals surface area contributed by atoms with Gasteiger partial charge in [0.25, 0.3) is 0 Å². The fraction of sp³-hybridized carbons (Fsp3) is 0.478. The molecule has 2 aromatic rings. The van der Waals surface area contributed by atoms with Crippen LogP contribution in [0, 0.1) is 17.5 Å². The number of aliphatic hydroxyl groups excluding tert-OH is 1. The molecule has 29 heavy (non-hydrogen) atoms. The van der Waals surface area contributed by atoms with Gasteiger partial charge in [-0.1, -0.05) is 18.2 Å². The van der Waals surface area contributed by atoms with Crippen LogP contribution in [0.1, 0.15) is 68.2 Å². The van der Waals surface area contributed by atoms with Crippen LogP contribution in [0.5, 0.6) is 5.75 Å². The second-order valence-corrected chi connectivity index (χ2v) is 7.53. The smallest absolute Gasteiger partial charge is 0.200 e. The van der Waals surface area contributed by atoms with Crippen LogP contribution >= 0.6 is 0 Å². The van der Waals surface area contributed by atoms with Crippen molar-refractivity contribution in [2.45, 2.75) is 64.3 Å². The molecule has 1 aliphatic carbocycles. The number of hydrogen-bond donors (Lipinski definition) is 1. The number of ether oxygens (including phenoxy) is 2. The van der Waals surface area contributed by atoms with E-state index >= 15 is 0 Å². The zero-order valence-electron chi connectivity index (χ0n) is 16.8. The Bertz CT molecular complexity index is 830. The van der Waals surface area contributed by atoms with E-state index in [0.29, 0.717) is 42.4 Å². The minimum atomic E-state index is -0.932. The van der Waals surface area contributed by atoms with Crippen LogP contribution in [0.3, 0.4) is 0 Å². The first-order valence-electron chi connectivity index (χ1n) is 10.1. The average Bonchev–Trinajstić information content (AvgIpc) is 2.71. The van der Waals surface area contributed by atoms with Gasteiger partial charge in [-0.3, -0.25) is 0 Å². The monoisotopic (exact) mass is 408 g/mol. The average molecular weight is 408 g/mol. The molecule has 1 saturated carbocycles. The van der Waals surface area contributed by atoms with Crippen LogP contribution < -0.4 is 4.74 Å². The molecule has 2 aromatic carbocycles. The van der Waals surface area contributed by atoms with Gasteiger partial charge >= 0.3 is 0 Å². The highest BCUT2D eigenvalue weighted by atomic mass is 19.2. The minimum absolute atomic E-state index is 0.0438. The van der Waals surface area contributed by atoms with Crippen molar-refractivity contribution < 1.29 is 27.8 Å². The third-order valence-corrected chi connectivity index (χ3v) is 5.52. The van der Waals surface area contributed by atoms with Gasteiger partial charge in [-0.05, 0) is 68.7 Å². The quantitative estimate of drug-likeness (QED) is 0.629. The number of hydrogen-bond acceptors (Lipinski definition) is 3. The van der Waals surface area contributed by atoms with E-state index in [1.165, 1.54) is 12.1 Å². The first kappa shape index (κ1) is 21.7. The molecule has 1 aliphatic rings. The first-order valence-corrected chi connectivity index (χ1v) is 10.1. The van der Waals surface area contributed by atoms with Gasteiger partial charge in [0, 0.05) is 5.56 Å². The molecule has 0 radical (unpaired) electrons. The highest BCUT2D eigenvalue weighted by Crippen LogP contribution is 2.37. The van der Waals surface area contributed by atoms with E-state index in [-0.39, 0.29) is 31.0 Å². The molecule has 0 spiro atoms. The largest absolute Gasteiger partial charge is 0.491 e. The molecule has 0 aliphatic heterocycles. The molecule has 158 valence electrons. The summed E-state index contributed by atoms with van der Waals surface area (Å²) in [4.78, 5) is 0. The summed E-state index contributed by atoms with van der Waals surface area (Å²) in [6.07, 6.45) is 2.00. The number of benzene rings is 2. The van der Waals surface area contributed by atoms with Gasteiger partial charge in [0.2, 0.25) is 5.82 Å². The lowest BCUT2D eigenvalue weighted by Gasteiger charge is -2.29. The van der Waals surface area contributed by atoms with Crippen molar-refractivity contribution >= 4 is 0 Å². The lowest BCUT2D eigenvalue weighted by Crippen LogP contribution is -2.21. The van der Waals surface area contributed by atoms with E-state index < -0.39 is 23.6 Å². The fourth-order valence-electron chi connectivity index (χ4n) is 3.82. The Labute approximate surface area is 169 Å². The molecule has 0 aromatic heterocycles. The summed E-state index contributed by atoms with van der Waals surface area (Å²) >= 11 is 0. The summed E-state index contributed by atoms with van der Waals surface area (Å²) < 4.78 is 53.6. The highest BCUT2D eigenvalue weighted by Gasteiger charge is 2.27. The van der Waals surface area contributed by atoms with Gasteiger partial charge in [0.05, 0.1) is 25.4 Å². The van der Waals surface area contributed by atoms with Crippen molar-refractivity contribution in [3.63, 3.8) is 0 Å². The third-order valence-electron chi connectivity index (χ3n) is 5.52. The SMILES string of the molecule is CCOc1ccc(C2CCC(OCc3ccc(C(C)O)cc3F)CC2)c(F)c1F. The van der Waals surface area contributed by atoms with Gasteiger partial charge in [-0.25, -0.2) is 8.78 Å². The Hall–Kier alpha value is -2.05. The van der Waals surface area contributed by atoms with E-state index in [9.17, 15) is 18.3 Å². The van der Waals surface area contributed by atoms with Gasteiger partial charge < -0.3 is 14.6 Å². The number of aliphatic hydroxyl groups is 1. The lowest BCUT2D eigenvalue weighted by atomic mass is 9.82. The van der Waals surface area contributed by atoms with E-state index in [4.69, 9.17) is 9.47 Å². The summed E-state index contributed by atoms with van der Waals surface area (Å²) in [5.41, 5.74) is 1.34. The normalized spacial score (nSPS) is 20.5. The van der Waals surface area contributed by atoms with Gasteiger partial charge in [0.15, 0.2) is 11.6 Å². The second-order valence-electron chi connectivity index (χ2n) is 7.53. The van der Waals surface area contributed by atoms with E-state index in [1.54, 1.807) is 32.0 Å². The molecule has 6 heteroatoms. The summed E-state index contributed by atoms with van der Waals surface area (Å²) in [6.45, 7) is 3.73. The Kier molecular flexibility index (Phi) is 7.19. The van der Waals surface area contributed by atoms with E-state index in [1.807, 2.05) is 0 Å². The van der Waals surface area contributed by atoms with Crippen LogP contribution in [0.4, 0.5) is 13.2 Å². The molecule has 1 atom stereocenters. The molecule has 3 nitrogen and oxygen atoms in total. The van der Waals surface area contributed by atoms with Gasteiger partial charge in [-0.2, -0.15) is 4.39 Å². The molecule has 0 bridgehead atoms. The van der Waals surface area contributed by atoms with E-state index in [2.05, 4.69) is 0 Å². The number of halogens is 3. The van der Waals surface area contributed by atoms with Crippen LogP contribution in [0.25, 0.3) is 0 Å². The van der Waals surface area contributed by atoms with Crippen molar-refractivity contribution in [2.75, 3.05) is 6.61 Å². The Balaban J connectivity index is 1.55. The Morgan fingerprint density at radius 3 is 2.38 bits per heavy atom. The summed E-state index contributed by atoms with van der Waals surface area (Å²) in [6, 6.07) is 7.73. The second kappa shape index (κ2) is 9.63. The van der Waals surface area contributed by atoms with Gasteiger partial charge in [-0.15, -0.1) is 0 Å². The zero-order chi connectivity index (χ0) is 21.0. The van der Waals surface area contributed by atoms with Crippen molar-refractivity contribution in [1.82, 2.24) is 0 Å². The lowest BCUT2D eigenvalue weighted by molar-refractivity contribution is 0.0118. The molecular formula is C23H27F3O3. The molecule has 1 fully saturated rings. The highest BCUT2D eigenvalue weighted by molar-refractivity contribution is 5.33. The summed E-state index contributed by atoms with van der Waals surface area (Å²) in [5.74, 6) is -2.29. The molecule has 3 rings (SSSR count). The summed E-state index contributed by atoms with van der Waals surface area (Å²) in [5, 5.41) is 9.52. The van der Waals surface area contributed by atoms with Crippen molar-refractivity contribution in [3.05, 3.63) is 64.5 Å². The minimum Gasteiger partial charge on any atom is -0.491 e. The molecule has 0 saturated heterocycles. The van der Waals surface area contributed by atoms with Crippen molar-refractivity contribution in [2.24, 2.45) is 0 Å². The van der Waals surface area contributed by atoms with E-state index in [0.717, 1.165) is 0 Å². The molecule has 0 amide bonds. The van der Waals surface area contributed by atoms with Crippen LogP contribution in [0.2, 0.25) is 0 Å². The molecule has 1 unspecified atom stereocenters. The predicted octanol–water partition coefficient (Wildman–Crippen LogP) is 5.80. The third kappa shape index (κ3) is 5.11. The van der Waals surface area contributed by atoms with Crippen molar-refractivity contribution in [1.29, 1.82) is 0 Å². The predicted molar refractivity (Wildman–Crippen MR) is 104 cm³/mol. The Morgan fingerprint density at radius 2 is 1.76 bits per heavy atom. The molecule has 0 heterocycles. The van der Waals surface area contributed by atoms with Crippen LogP contribution in [0.15, 0.2) is 30.3 Å². The summed E-state index contributed by atoms with van der Waals surface area (Å²) in [7, 11) is 0. The maximum absolute atomic E-state index is 14.4.